The molecule has 0 aromatic heterocycles. The third-order valence-electron chi connectivity index (χ3n) is 1.92. The van der Waals surface area contributed by atoms with Crippen LogP contribution in [0.3, 0.4) is 0 Å². The zero-order valence-corrected chi connectivity index (χ0v) is 9.49. The highest BCUT2D eigenvalue weighted by atomic mass is 16.7. The molecule has 0 heterocycles. The molecule has 5 nitrogen and oxygen atoms in total. The molecule has 0 saturated heterocycles. The van der Waals surface area contributed by atoms with Gasteiger partial charge in [0.25, 0.3) is 5.79 Å². The molecule has 0 saturated carbocycles. The van der Waals surface area contributed by atoms with Gasteiger partial charge in [-0.2, -0.15) is 0 Å². The van der Waals surface area contributed by atoms with Crippen LogP contribution in [0, 0.1) is 0 Å². The quantitative estimate of drug-likeness (QED) is 0.456. The lowest BCUT2D eigenvalue weighted by molar-refractivity contribution is -0.230. The van der Waals surface area contributed by atoms with Gasteiger partial charge in [0.05, 0.1) is 13.2 Å². The van der Waals surface area contributed by atoms with Crippen molar-refractivity contribution in [2.75, 3.05) is 19.8 Å². The number of hydrogen-bond acceptors (Lipinski definition) is 5. The van der Waals surface area contributed by atoms with Crippen molar-refractivity contribution < 1.29 is 19.4 Å². The number of hydrogen-bond donors (Lipinski definition) is 2. The lowest BCUT2D eigenvalue weighted by atomic mass is 10.1. The first-order chi connectivity index (χ1) is 7.10. The van der Waals surface area contributed by atoms with Gasteiger partial charge in [0.2, 0.25) is 0 Å². The van der Waals surface area contributed by atoms with E-state index in [0.29, 0.717) is 6.42 Å². The van der Waals surface area contributed by atoms with Crippen LogP contribution in [0.25, 0.3) is 0 Å². The fourth-order valence-electron chi connectivity index (χ4n) is 1.12. The molecule has 0 fully saturated rings. The Balaban J connectivity index is 4.30. The molecule has 0 radical (unpaired) electrons. The lowest BCUT2D eigenvalue weighted by Gasteiger charge is -2.25. The number of rotatable bonds is 8. The van der Waals surface area contributed by atoms with Gasteiger partial charge >= 0.3 is 5.97 Å². The van der Waals surface area contributed by atoms with Gasteiger partial charge in [-0.25, -0.2) is 4.79 Å². The molecule has 0 aliphatic heterocycles. The second-order valence-electron chi connectivity index (χ2n) is 3.25. The minimum Gasteiger partial charge on any atom is -0.462 e. The minimum absolute atomic E-state index is 0.138. The summed E-state index contributed by atoms with van der Waals surface area (Å²) in [6.07, 6.45) is 1.80. The van der Waals surface area contributed by atoms with E-state index in [1.807, 2.05) is 6.92 Å². The Bertz CT molecular complexity index is 176. The van der Waals surface area contributed by atoms with Gasteiger partial charge in [0.15, 0.2) is 0 Å². The van der Waals surface area contributed by atoms with Gasteiger partial charge in [-0.3, -0.25) is 0 Å². The van der Waals surface area contributed by atoms with Crippen molar-refractivity contribution in [1.29, 1.82) is 0 Å². The Morgan fingerprint density at radius 1 is 1.47 bits per heavy atom. The molecule has 0 aliphatic carbocycles. The highest BCUT2D eigenvalue weighted by molar-refractivity contribution is 5.77. The summed E-state index contributed by atoms with van der Waals surface area (Å²) in [4.78, 5) is 11.4. The van der Waals surface area contributed by atoms with Gasteiger partial charge in [0.1, 0.15) is 0 Å². The molecule has 0 aromatic carbocycles. The molecular formula is C10H21NO4. The van der Waals surface area contributed by atoms with E-state index in [0.717, 1.165) is 6.42 Å². The summed E-state index contributed by atoms with van der Waals surface area (Å²) in [5.74, 6) is -2.56. The van der Waals surface area contributed by atoms with Crippen LogP contribution in [0.5, 0.6) is 0 Å². The van der Waals surface area contributed by atoms with E-state index in [4.69, 9.17) is 15.2 Å². The summed E-state index contributed by atoms with van der Waals surface area (Å²) in [5, 5.41) is 9.92. The molecule has 0 amide bonds. The monoisotopic (exact) mass is 219 g/mol. The molecule has 0 rings (SSSR count). The van der Waals surface area contributed by atoms with E-state index in [1.54, 1.807) is 6.92 Å². The van der Waals surface area contributed by atoms with Crippen molar-refractivity contribution in [2.24, 2.45) is 5.73 Å². The Morgan fingerprint density at radius 3 is 2.60 bits per heavy atom. The Labute approximate surface area is 90.5 Å². The molecule has 15 heavy (non-hydrogen) atoms. The number of nitrogens with two attached hydrogens (primary N) is 1. The van der Waals surface area contributed by atoms with Crippen molar-refractivity contribution in [3.63, 3.8) is 0 Å². The van der Waals surface area contributed by atoms with Crippen LogP contribution in [-0.4, -0.2) is 36.6 Å². The summed E-state index contributed by atoms with van der Waals surface area (Å²) in [6.45, 7) is 4.27. The van der Waals surface area contributed by atoms with Gasteiger partial charge in [-0.15, -0.1) is 0 Å². The van der Waals surface area contributed by atoms with Crippen LogP contribution >= 0.6 is 0 Å². The van der Waals surface area contributed by atoms with E-state index in [9.17, 15) is 9.90 Å². The third-order valence-corrected chi connectivity index (χ3v) is 1.92. The molecule has 1 unspecified atom stereocenters. The van der Waals surface area contributed by atoms with Gasteiger partial charge in [-0.05, 0) is 13.3 Å². The number of unbranched alkanes of at least 4 members (excludes halogenated alkanes) is 1. The fourth-order valence-corrected chi connectivity index (χ4v) is 1.12. The second kappa shape index (κ2) is 7.62. The summed E-state index contributed by atoms with van der Waals surface area (Å²) >= 11 is 0. The Morgan fingerprint density at radius 2 is 2.13 bits per heavy atom. The average Bonchev–Trinajstić information content (AvgIpc) is 2.24. The van der Waals surface area contributed by atoms with E-state index in [2.05, 4.69) is 0 Å². The van der Waals surface area contributed by atoms with Crippen LogP contribution in [0.15, 0.2) is 0 Å². The lowest BCUT2D eigenvalue weighted by Crippen LogP contribution is -2.44. The van der Waals surface area contributed by atoms with Crippen LogP contribution < -0.4 is 5.73 Å². The first-order valence-corrected chi connectivity index (χ1v) is 5.34. The van der Waals surface area contributed by atoms with Gasteiger partial charge in [-0.1, -0.05) is 13.3 Å². The average molecular weight is 219 g/mol. The normalized spacial score (nSPS) is 14.7. The van der Waals surface area contributed by atoms with E-state index < -0.39 is 11.8 Å². The summed E-state index contributed by atoms with van der Waals surface area (Å²) in [7, 11) is 0. The predicted octanol–water partition coefficient (Wildman–Crippen LogP) is 0.404. The van der Waals surface area contributed by atoms with Crippen LogP contribution in [0.1, 0.15) is 33.1 Å². The molecule has 3 N–H and O–H groups in total. The molecule has 0 aliphatic rings. The first kappa shape index (κ1) is 14.3. The van der Waals surface area contributed by atoms with E-state index in [-0.39, 0.29) is 26.2 Å². The zero-order valence-electron chi connectivity index (χ0n) is 9.49. The predicted molar refractivity (Wildman–Crippen MR) is 56.1 cm³/mol. The largest absolute Gasteiger partial charge is 0.462 e. The topological polar surface area (TPSA) is 81.8 Å². The summed E-state index contributed by atoms with van der Waals surface area (Å²) < 4.78 is 9.80. The van der Waals surface area contributed by atoms with E-state index in [1.165, 1.54) is 0 Å². The number of esters is 1. The van der Waals surface area contributed by atoms with Crippen LogP contribution in [0.2, 0.25) is 0 Å². The highest BCUT2D eigenvalue weighted by Crippen LogP contribution is 2.18. The Hall–Kier alpha value is -0.650. The van der Waals surface area contributed by atoms with Gasteiger partial charge in [0, 0.05) is 13.0 Å². The molecular weight excluding hydrogens is 198 g/mol. The molecule has 1 atom stereocenters. The van der Waals surface area contributed by atoms with Crippen LogP contribution in [0.4, 0.5) is 0 Å². The van der Waals surface area contributed by atoms with Crippen LogP contribution in [-0.2, 0) is 14.3 Å². The number of carbonyl (C=O) groups excluding carboxylic acids is 1. The molecule has 90 valence electrons. The standard InChI is InChI=1S/C10H21NO4/c1-3-5-6-10(13,15-8-7-11)9(12)14-4-2/h13H,3-8,11H2,1-2H3. The minimum atomic E-state index is -1.83. The van der Waals surface area contributed by atoms with Gasteiger partial charge < -0.3 is 20.3 Å². The fraction of sp³-hybridized carbons (Fsp3) is 0.900. The maximum absolute atomic E-state index is 11.4. The molecule has 0 bridgehead atoms. The number of ether oxygens (including phenoxy) is 2. The Kier molecular flexibility index (Phi) is 7.29. The third kappa shape index (κ3) is 5.11. The SMILES string of the molecule is CCCCC(O)(OCCN)C(=O)OCC. The van der Waals surface area contributed by atoms with Crippen molar-refractivity contribution >= 4 is 5.97 Å². The van der Waals surface area contributed by atoms with Crippen molar-refractivity contribution in [2.45, 2.75) is 38.9 Å². The second-order valence-corrected chi connectivity index (χ2v) is 3.25. The maximum Gasteiger partial charge on any atom is 0.366 e. The zero-order chi connectivity index (χ0) is 11.7. The summed E-state index contributed by atoms with van der Waals surface area (Å²) in [6, 6.07) is 0. The smallest absolute Gasteiger partial charge is 0.366 e. The maximum atomic E-state index is 11.4. The number of carbonyl (C=O) groups is 1. The van der Waals surface area contributed by atoms with E-state index >= 15 is 0 Å². The van der Waals surface area contributed by atoms with Crippen molar-refractivity contribution in [3.8, 4) is 0 Å². The first-order valence-electron chi connectivity index (χ1n) is 5.34. The molecule has 0 spiro atoms. The molecule has 0 aromatic rings. The van der Waals surface area contributed by atoms with Crippen molar-refractivity contribution in [3.05, 3.63) is 0 Å². The van der Waals surface area contributed by atoms with Crippen molar-refractivity contribution in [1.82, 2.24) is 0 Å². The highest BCUT2D eigenvalue weighted by Gasteiger charge is 2.37. The number of aliphatic hydroxyl groups is 1. The summed E-state index contributed by atoms with van der Waals surface area (Å²) in [5.41, 5.74) is 5.25. The molecule has 5 heteroatoms.